The van der Waals surface area contributed by atoms with Crippen molar-refractivity contribution >= 4 is 21.8 Å². The van der Waals surface area contributed by atoms with E-state index in [1.54, 1.807) is 0 Å². The first-order chi connectivity index (χ1) is 18.9. The van der Waals surface area contributed by atoms with Gasteiger partial charge in [0.25, 0.3) is 0 Å². The molecule has 0 radical (unpaired) electrons. The van der Waals surface area contributed by atoms with Crippen LogP contribution in [0.25, 0.3) is 38.6 Å². The molecule has 0 aliphatic heterocycles. The molecule has 1 heteroatoms. The predicted molar refractivity (Wildman–Crippen MR) is 181 cm³/mol. The van der Waals surface area contributed by atoms with Gasteiger partial charge in [-0.3, -0.25) is 0 Å². The van der Waals surface area contributed by atoms with Crippen molar-refractivity contribution in [3.63, 3.8) is 0 Å². The van der Waals surface area contributed by atoms with E-state index >= 15 is 0 Å². The molecule has 4 aromatic carbocycles. The molecule has 41 heavy (non-hydrogen) atoms. The van der Waals surface area contributed by atoms with Crippen molar-refractivity contribution in [3.8, 4) is 16.8 Å². The lowest BCUT2D eigenvalue weighted by molar-refractivity contribution is 0.528. The molecule has 0 fully saturated rings. The third-order valence-electron chi connectivity index (χ3n) is 8.51. The highest BCUT2D eigenvalue weighted by atomic mass is 15.0. The first kappa shape index (κ1) is 29.2. The van der Waals surface area contributed by atoms with Crippen LogP contribution < -0.4 is 0 Å². The third kappa shape index (κ3) is 5.25. The van der Waals surface area contributed by atoms with Crippen LogP contribution >= 0.6 is 0 Å². The second-order valence-electron chi connectivity index (χ2n) is 16.1. The summed E-state index contributed by atoms with van der Waals surface area (Å²) >= 11 is 0. The Hall–Kier alpha value is -3.32. The van der Waals surface area contributed by atoms with Gasteiger partial charge in [0.1, 0.15) is 0 Å². The number of benzene rings is 4. The van der Waals surface area contributed by atoms with E-state index in [9.17, 15) is 0 Å². The number of fused-ring (bicyclic) bond motifs is 3. The van der Waals surface area contributed by atoms with Gasteiger partial charge in [0.2, 0.25) is 0 Å². The zero-order chi connectivity index (χ0) is 30.1. The van der Waals surface area contributed by atoms with Gasteiger partial charge in [-0.25, -0.2) is 0 Å². The Morgan fingerprint density at radius 3 is 1.61 bits per heavy atom. The van der Waals surface area contributed by atoms with E-state index in [0.717, 1.165) is 0 Å². The summed E-state index contributed by atoms with van der Waals surface area (Å²) in [5, 5.41) is 2.60. The second-order valence-corrected chi connectivity index (χ2v) is 16.1. The number of para-hydroxylation sites is 2. The van der Waals surface area contributed by atoms with Gasteiger partial charge in [-0.2, -0.15) is 0 Å². The van der Waals surface area contributed by atoms with Crippen LogP contribution in [0.2, 0.25) is 0 Å². The van der Waals surface area contributed by atoms with Crippen molar-refractivity contribution in [1.29, 1.82) is 0 Å². The number of hydrogen-bond donors (Lipinski definition) is 0. The topological polar surface area (TPSA) is 4.93 Å². The van der Waals surface area contributed by atoms with Gasteiger partial charge in [-0.05, 0) is 61.6 Å². The largest absolute Gasteiger partial charge is 0.308 e. The van der Waals surface area contributed by atoms with Crippen molar-refractivity contribution in [2.24, 2.45) is 0 Å². The van der Waals surface area contributed by atoms with Crippen LogP contribution in [0, 0.1) is 0 Å². The van der Waals surface area contributed by atoms with E-state index in [-0.39, 0.29) is 21.7 Å². The van der Waals surface area contributed by atoms with Crippen LogP contribution in [-0.2, 0) is 21.7 Å². The van der Waals surface area contributed by atoms with Gasteiger partial charge >= 0.3 is 0 Å². The van der Waals surface area contributed by atoms with E-state index in [1.807, 2.05) is 0 Å². The van der Waals surface area contributed by atoms with E-state index in [0.29, 0.717) is 0 Å². The Morgan fingerprint density at radius 2 is 1.05 bits per heavy atom. The Morgan fingerprint density at radius 1 is 0.488 bits per heavy atom. The summed E-state index contributed by atoms with van der Waals surface area (Å²) in [7, 11) is 0. The highest BCUT2D eigenvalue weighted by Crippen LogP contribution is 2.44. The smallest absolute Gasteiger partial charge is 0.0619 e. The molecule has 0 unspecified atom stereocenters. The van der Waals surface area contributed by atoms with Crippen molar-refractivity contribution in [3.05, 3.63) is 101 Å². The molecule has 0 saturated carbocycles. The van der Waals surface area contributed by atoms with Crippen molar-refractivity contribution in [2.45, 2.75) is 105 Å². The molecule has 0 bridgehead atoms. The number of rotatable bonds is 2. The quantitative estimate of drug-likeness (QED) is 0.209. The lowest BCUT2D eigenvalue weighted by atomic mass is 9.74. The molecule has 0 amide bonds. The number of aromatic nitrogens is 1. The maximum Gasteiger partial charge on any atom is 0.0619 e. The fourth-order valence-electron chi connectivity index (χ4n) is 6.29. The van der Waals surface area contributed by atoms with Crippen LogP contribution in [0.1, 0.15) is 105 Å². The zero-order valence-electron chi connectivity index (χ0n) is 27.5. The molecule has 0 atom stereocenters. The first-order valence-corrected chi connectivity index (χ1v) is 15.2. The third-order valence-corrected chi connectivity index (χ3v) is 8.51. The van der Waals surface area contributed by atoms with E-state index < -0.39 is 0 Å². The average Bonchev–Trinajstić information content (AvgIpc) is 3.20. The van der Waals surface area contributed by atoms with Crippen LogP contribution in [0.15, 0.2) is 78.9 Å². The van der Waals surface area contributed by atoms with Crippen LogP contribution in [0.3, 0.4) is 0 Å². The van der Waals surface area contributed by atoms with E-state index in [1.165, 1.54) is 60.9 Å². The number of hydrogen-bond acceptors (Lipinski definition) is 0. The molecule has 5 aromatic rings. The minimum absolute atomic E-state index is 0.0304. The molecular formula is C40H49N. The SMILES string of the molecule is CC(C)(C)c1cc(-c2cccc3c4ccccc4n(-c4cccc(C(C)(C)C)c4C(C)(C)C)c23)cc(C(C)(C)C)c1. The summed E-state index contributed by atoms with van der Waals surface area (Å²) in [6, 6.07) is 30.0. The molecule has 0 aliphatic carbocycles. The molecule has 0 saturated heterocycles. The maximum atomic E-state index is 2.57. The summed E-state index contributed by atoms with van der Waals surface area (Å²) in [4.78, 5) is 0. The van der Waals surface area contributed by atoms with Gasteiger partial charge in [0.05, 0.1) is 16.7 Å². The van der Waals surface area contributed by atoms with E-state index in [4.69, 9.17) is 0 Å². The Balaban J connectivity index is 1.99. The summed E-state index contributed by atoms with van der Waals surface area (Å²) in [6.07, 6.45) is 0. The van der Waals surface area contributed by atoms with Crippen LogP contribution in [0.5, 0.6) is 0 Å². The predicted octanol–water partition coefficient (Wildman–Crippen LogP) is 11.6. The summed E-state index contributed by atoms with van der Waals surface area (Å²) in [6.45, 7) is 28.0. The average molecular weight is 544 g/mol. The van der Waals surface area contributed by atoms with Gasteiger partial charge in [0.15, 0.2) is 0 Å². The van der Waals surface area contributed by atoms with Gasteiger partial charge in [-0.15, -0.1) is 0 Å². The molecule has 1 heterocycles. The van der Waals surface area contributed by atoms with Crippen LogP contribution in [0.4, 0.5) is 0 Å². The first-order valence-electron chi connectivity index (χ1n) is 15.2. The lowest BCUT2D eigenvalue weighted by Gasteiger charge is -2.33. The Kier molecular flexibility index (Phi) is 6.85. The monoisotopic (exact) mass is 543 g/mol. The van der Waals surface area contributed by atoms with Crippen molar-refractivity contribution < 1.29 is 0 Å². The molecular weight excluding hydrogens is 494 g/mol. The molecule has 0 N–H and O–H groups in total. The van der Waals surface area contributed by atoms with Gasteiger partial charge in [-0.1, -0.05) is 150 Å². The molecule has 0 spiro atoms. The zero-order valence-corrected chi connectivity index (χ0v) is 27.5. The molecule has 5 rings (SSSR count). The fourth-order valence-corrected chi connectivity index (χ4v) is 6.29. The minimum Gasteiger partial charge on any atom is -0.308 e. The molecule has 214 valence electrons. The fraction of sp³-hybridized carbons (Fsp3) is 0.400. The normalized spacial score (nSPS) is 13.4. The van der Waals surface area contributed by atoms with Crippen molar-refractivity contribution in [1.82, 2.24) is 4.57 Å². The summed E-state index contributed by atoms with van der Waals surface area (Å²) < 4.78 is 2.57. The highest BCUT2D eigenvalue weighted by Gasteiger charge is 2.30. The van der Waals surface area contributed by atoms with Crippen molar-refractivity contribution in [2.75, 3.05) is 0 Å². The molecule has 1 nitrogen and oxygen atoms in total. The maximum absolute atomic E-state index is 2.57. The summed E-state index contributed by atoms with van der Waals surface area (Å²) in [5.41, 5.74) is 12.1. The van der Waals surface area contributed by atoms with E-state index in [2.05, 4.69) is 167 Å². The van der Waals surface area contributed by atoms with Gasteiger partial charge < -0.3 is 4.57 Å². The Labute approximate surface area is 248 Å². The van der Waals surface area contributed by atoms with Gasteiger partial charge in [0, 0.05) is 16.3 Å². The lowest BCUT2D eigenvalue weighted by Crippen LogP contribution is -2.24. The molecule has 1 aromatic heterocycles. The number of nitrogens with zero attached hydrogens (tertiary/aromatic N) is 1. The summed E-state index contributed by atoms with van der Waals surface area (Å²) in [5.74, 6) is 0. The highest BCUT2D eigenvalue weighted by molar-refractivity contribution is 6.14. The Bertz CT molecular complexity index is 1720. The molecule has 0 aliphatic rings. The minimum atomic E-state index is -0.0304. The van der Waals surface area contributed by atoms with Crippen LogP contribution in [-0.4, -0.2) is 4.57 Å². The second kappa shape index (κ2) is 9.62. The standard InChI is InChI=1S/C40H49N/c1-37(2,3)27-23-26(24-28(25-27)38(4,5)6)29-18-15-19-31-30-17-13-14-21-33(30)41(36(29)31)34-22-16-20-32(39(7,8)9)35(34)40(10,11)12/h13-25H,1-12H3.